The van der Waals surface area contributed by atoms with Crippen molar-refractivity contribution in [3.05, 3.63) is 33.4 Å². The number of halogens is 2. The van der Waals surface area contributed by atoms with Crippen LogP contribution in [0.5, 0.6) is 0 Å². The number of hydrogen-bond acceptors (Lipinski definition) is 2. The van der Waals surface area contributed by atoms with E-state index in [2.05, 4.69) is 32.8 Å². The lowest BCUT2D eigenvalue weighted by atomic mass is 10.1. The van der Waals surface area contributed by atoms with Crippen LogP contribution in [0.4, 0.5) is 4.39 Å². The van der Waals surface area contributed by atoms with Crippen LogP contribution < -0.4 is 5.32 Å². The molecule has 2 rings (SSSR count). The lowest BCUT2D eigenvalue weighted by molar-refractivity contribution is 0.147. The normalized spacial score (nSPS) is 19.6. The number of nitrogens with one attached hydrogen (secondary N) is 1. The smallest absolute Gasteiger partial charge is 0.109 e. The van der Waals surface area contributed by atoms with E-state index in [1.165, 1.54) is 3.57 Å². The predicted octanol–water partition coefficient (Wildman–Crippen LogP) is 2.21. The van der Waals surface area contributed by atoms with Crippen LogP contribution in [0.3, 0.4) is 0 Å². The lowest BCUT2D eigenvalue weighted by Crippen LogP contribution is -2.45. The number of benzene rings is 1. The zero-order valence-corrected chi connectivity index (χ0v) is 11.3. The third-order valence-corrected chi connectivity index (χ3v) is 3.71. The van der Waals surface area contributed by atoms with Crippen molar-refractivity contribution in [1.82, 2.24) is 10.2 Å². The Balaban J connectivity index is 2.11. The Morgan fingerprint density at radius 1 is 1.25 bits per heavy atom. The molecule has 16 heavy (non-hydrogen) atoms. The Morgan fingerprint density at radius 3 is 2.44 bits per heavy atom. The van der Waals surface area contributed by atoms with E-state index in [0.29, 0.717) is 0 Å². The number of hydrogen-bond donors (Lipinski definition) is 1. The van der Waals surface area contributed by atoms with Crippen LogP contribution >= 0.6 is 22.6 Å². The quantitative estimate of drug-likeness (QED) is 0.853. The molecule has 88 valence electrons. The summed E-state index contributed by atoms with van der Waals surface area (Å²) in [5.74, 6) is 0. The minimum absolute atomic E-state index is 0.0703. The average molecular weight is 334 g/mol. The van der Waals surface area contributed by atoms with Gasteiger partial charge in [-0.05, 0) is 40.3 Å². The molecule has 1 fully saturated rings. The molecule has 0 aliphatic carbocycles. The first kappa shape index (κ1) is 12.3. The molecule has 1 saturated heterocycles. The highest BCUT2D eigenvalue weighted by Gasteiger charge is 2.21. The van der Waals surface area contributed by atoms with Gasteiger partial charge >= 0.3 is 0 Å². The summed E-state index contributed by atoms with van der Waals surface area (Å²) in [6, 6.07) is 8.09. The summed E-state index contributed by atoms with van der Waals surface area (Å²) >= 11 is 2.27. The zero-order chi connectivity index (χ0) is 11.4. The first-order valence-corrected chi connectivity index (χ1v) is 6.65. The molecule has 0 radical (unpaired) electrons. The van der Waals surface area contributed by atoms with Gasteiger partial charge in [-0.3, -0.25) is 4.90 Å². The fourth-order valence-corrected chi connectivity index (χ4v) is 2.44. The van der Waals surface area contributed by atoms with Gasteiger partial charge < -0.3 is 5.32 Å². The Kier molecular flexibility index (Phi) is 4.55. The molecule has 1 aromatic carbocycles. The van der Waals surface area contributed by atoms with Crippen LogP contribution in [-0.2, 0) is 0 Å². The number of piperazine rings is 1. The Labute approximate surface area is 109 Å². The van der Waals surface area contributed by atoms with E-state index in [9.17, 15) is 4.39 Å². The van der Waals surface area contributed by atoms with Gasteiger partial charge in [-0.25, -0.2) is 4.39 Å². The van der Waals surface area contributed by atoms with Crippen molar-refractivity contribution >= 4 is 22.6 Å². The molecule has 1 heterocycles. The highest BCUT2D eigenvalue weighted by Crippen LogP contribution is 2.22. The van der Waals surface area contributed by atoms with Crippen molar-refractivity contribution in [3.63, 3.8) is 0 Å². The average Bonchev–Trinajstić information content (AvgIpc) is 2.34. The van der Waals surface area contributed by atoms with Crippen molar-refractivity contribution in [2.24, 2.45) is 0 Å². The van der Waals surface area contributed by atoms with Gasteiger partial charge in [0.25, 0.3) is 0 Å². The molecule has 0 saturated carbocycles. The van der Waals surface area contributed by atoms with Crippen molar-refractivity contribution in [2.45, 2.75) is 6.04 Å². The highest BCUT2D eigenvalue weighted by molar-refractivity contribution is 14.1. The summed E-state index contributed by atoms with van der Waals surface area (Å²) in [5, 5.41) is 3.29. The van der Waals surface area contributed by atoms with E-state index in [-0.39, 0.29) is 12.7 Å². The largest absolute Gasteiger partial charge is 0.314 e. The summed E-state index contributed by atoms with van der Waals surface area (Å²) < 4.78 is 14.4. The third kappa shape index (κ3) is 2.93. The molecule has 1 aliphatic heterocycles. The van der Waals surface area contributed by atoms with E-state index in [0.717, 1.165) is 31.7 Å². The number of rotatable bonds is 3. The van der Waals surface area contributed by atoms with Gasteiger partial charge in [0.1, 0.15) is 6.67 Å². The maximum absolute atomic E-state index is 13.2. The fraction of sp³-hybridized carbons (Fsp3) is 0.500. The minimum atomic E-state index is -0.305. The van der Waals surface area contributed by atoms with Crippen molar-refractivity contribution in [3.8, 4) is 0 Å². The molecule has 0 spiro atoms. The molecule has 4 heteroatoms. The Hall–Kier alpha value is -0.200. The van der Waals surface area contributed by atoms with E-state index in [4.69, 9.17) is 0 Å². The van der Waals surface area contributed by atoms with E-state index in [1.807, 2.05) is 24.3 Å². The van der Waals surface area contributed by atoms with Crippen LogP contribution in [0.25, 0.3) is 0 Å². The van der Waals surface area contributed by atoms with Gasteiger partial charge in [0.2, 0.25) is 0 Å². The first-order chi connectivity index (χ1) is 7.81. The van der Waals surface area contributed by atoms with Gasteiger partial charge in [-0.15, -0.1) is 0 Å². The zero-order valence-electron chi connectivity index (χ0n) is 9.13. The molecule has 2 nitrogen and oxygen atoms in total. The highest BCUT2D eigenvalue weighted by atomic mass is 127. The van der Waals surface area contributed by atoms with Gasteiger partial charge in [0, 0.05) is 29.7 Å². The SMILES string of the molecule is FC[C@H](c1ccc(I)cc1)N1CCNCC1. The molecule has 0 bridgehead atoms. The summed E-state index contributed by atoms with van der Waals surface area (Å²) in [7, 11) is 0. The molecular weight excluding hydrogens is 318 g/mol. The first-order valence-electron chi connectivity index (χ1n) is 5.57. The second kappa shape index (κ2) is 5.93. The van der Waals surface area contributed by atoms with E-state index >= 15 is 0 Å². The molecule has 0 amide bonds. The van der Waals surface area contributed by atoms with Gasteiger partial charge in [0.15, 0.2) is 0 Å². The van der Waals surface area contributed by atoms with Crippen LogP contribution in [0.15, 0.2) is 24.3 Å². The molecule has 1 atom stereocenters. The lowest BCUT2D eigenvalue weighted by Gasteiger charge is -2.33. The van der Waals surface area contributed by atoms with Crippen molar-refractivity contribution in [2.75, 3.05) is 32.9 Å². The van der Waals surface area contributed by atoms with Crippen LogP contribution in [0.1, 0.15) is 11.6 Å². The minimum Gasteiger partial charge on any atom is -0.314 e. The Bertz CT molecular complexity index is 322. The second-order valence-electron chi connectivity index (χ2n) is 4.01. The maximum Gasteiger partial charge on any atom is 0.109 e. The predicted molar refractivity (Wildman–Crippen MR) is 72.3 cm³/mol. The topological polar surface area (TPSA) is 15.3 Å². The molecular formula is C12H16FIN2. The number of nitrogens with zero attached hydrogens (tertiary/aromatic N) is 1. The summed E-state index contributed by atoms with van der Waals surface area (Å²) in [5.41, 5.74) is 1.09. The van der Waals surface area contributed by atoms with Crippen LogP contribution in [0, 0.1) is 3.57 Å². The van der Waals surface area contributed by atoms with E-state index in [1.54, 1.807) is 0 Å². The van der Waals surface area contributed by atoms with Gasteiger partial charge in [-0.2, -0.15) is 0 Å². The maximum atomic E-state index is 13.2. The van der Waals surface area contributed by atoms with E-state index < -0.39 is 0 Å². The Morgan fingerprint density at radius 2 is 1.88 bits per heavy atom. The second-order valence-corrected chi connectivity index (χ2v) is 5.25. The van der Waals surface area contributed by atoms with Crippen molar-refractivity contribution < 1.29 is 4.39 Å². The monoisotopic (exact) mass is 334 g/mol. The summed E-state index contributed by atoms with van der Waals surface area (Å²) in [4.78, 5) is 2.22. The van der Waals surface area contributed by atoms with Crippen LogP contribution in [0.2, 0.25) is 0 Å². The summed E-state index contributed by atoms with van der Waals surface area (Å²) in [6.07, 6.45) is 0. The third-order valence-electron chi connectivity index (χ3n) is 2.99. The van der Waals surface area contributed by atoms with Crippen LogP contribution in [-0.4, -0.2) is 37.8 Å². The summed E-state index contributed by atoms with van der Waals surface area (Å²) in [6.45, 7) is 3.48. The molecule has 0 unspecified atom stereocenters. The van der Waals surface area contributed by atoms with Gasteiger partial charge in [0.05, 0.1) is 6.04 Å². The number of alkyl halides is 1. The standard InChI is InChI=1S/C12H16FIN2/c13-9-12(16-7-5-15-6-8-16)10-1-3-11(14)4-2-10/h1-4,12,15H,5-9H2/t12-/m1/s1. The van der Waals surface area contributed by atoms with Gasteiger partial charge in [-0.1, -0.05) is 12.1 Å². The molecule has 1 N–H and O–H groups in total. The fourth-order valence-electron chi connectivity index (χ4n) is 2.08. The molecule has 1 aliphatic rings. The molecule has 1 aromatic rings. The molecule has 0 aromatic heterocycles. The van der Waals surface area contributed by atoms with Crippen molar-refractivity contribution in [1.29, 1.82) is 0 Å².